The van der Waals surface area contributed by atoms with Crippen LogP contribution in [0, 0.1) is 0 Å². The number of hydrogen-bond donors (Lipinski definition) is 0. The van der Waals surface area contributed by atoms with Crippen LogP contribution in [-0.4, -0.2) is 0 Å². The standard InChI is InChI=1S/C28H30/c1-5-13-25(14-6-1)15-7-2-12-20-28(23-21-26-16-8-3-9-17-26)24-22-27-18-10-4-11-19-27/h1,3-6,8-14,16-19H,2,7,15,21-24H2. The fraction of sp³-hybridized carbons (Fsp3) is 0.250. The molecule has 0 N–H and O–H groups in total. The van der Waals surface area contributed by atoms with Crippen LogP contribution in [0.1, 0.15) is 42.4 Å². The molecule has 28 heavy (non-hydrogen) atoms. The van der Waals surface area contributed by atoms with Gasteiger partial charge in [-0.2, -0.15) is 0 Å². The maximum absolute atomic E-state index is 3.64. The molecule has 0 aliphatic heterocycles. The van der Waals surface area contributed by atoms with Gasteiger partial charge in [0.1, 0.15) is 0 Å². The Labute approximate surface area is 170 Å². The van der Waals surface area contributed by atoms with E-state index in [1.807, 2.05) is 0 Å². The second-order valence-corrected chi connectivity index (χ2v) is 7.30. The molecule has 0 bridgehead atoms. The maximum atomic E-state index is 3.64. The van der Waals surface area contributed by atoms with Gasteiger partial charge in [-0.05, 0) is 73.3 Å². The monoisotopic (exact) mass is 366 g/mol. The largest absolute Gasteiger partial charge is 0.126 e. The molecule has 0 spiro atoms. The minimum absolute atomic E-state index is 1.09. The van der Waals surface area contributed by atoms with Crippen molar-refractivity contribution in [1.82, 2.24) is 0 Å². The highest BCUT2D eigenvalue weighted by atomic mass is 14.1. The van der Waals surface area contributed by atoms with Crippen molar-refractivity contribution < 1.29 is 0 Å². The molecule has 0 saturated heterocycles. The molecule has 3 aromatic rings. The fourth-order valence-electron chi connectivity index (χ4n) is 3.42. The minimum Gasteiger partial charge on any atom is -0.126 e. The van der Waals surface area contributed by atoms with Gasteiger partial charge in [-0.25, -0.2) is 0 Å². The second kappa shape index (κ2) is 11.8. The number of hydrogen-bond acceptors (Lipinski definition) is 0. The Balaban J connectivity index is 1.56. The molecule has 0 aromatic heterocycles. The topological polar surface area (TPSA) is 0 Å². The quantitative estimate of drug-likeness (QED) is 0.260. The van der Waals surface area contributed by atoms with Gasteiger partial charge in [0.25, 0.3) is 0 Å². The van der Waals surface area contributed by atoms with Crippen molar-refractivity contribution in [3.63, 3.8) is 0 Å². The summed E-state index contributed by atoms with van der Waals surface area (Å²) in [6, 6.07) is 32.3. The number of allylic oxidation sites excluding steroid dienone is 1. The summed E-state index contributed by atoms with van der Waals surface area (Å²) in [6.45, 7) is 0. The van der Waals surface area contributed by atoms with E-state index in [4.69, 9.17) is 0 Å². The molecule has 0 aliphatic carbocycles. The fourth-order valence-corrected chi connectivity index (χ4v) is 3.42. The third kappa shape index (κ3) is 7.43. The molecule has 0 amide bonds. The summed E-state index contributed by atoms with van der Waals surface area (Å²) in [5.41, 5.74) is 9.32. The van der Waals surface area contributed by atoms with Gasteiger partial charge in [-0.1, -0.05) is 91.0 Å². The van der Waals surface area contributed by atoms with Crippen LogP contribution in [0.4, 0.5) is 0 Å². The van der Waals surface area contributed by atoms with Crippen molar-refractivity contribution in [3.8, 4) is 0 Å². The predicted octanol–water partition coefficient (Wildman–Crippen LogP) is 7.36. The molecule has 3 aromatic carbocycles. The number of benzene rings is 3. The molecular weight excluding hydrogens is 336 g/mol. The molecule has 0 unspecified atom stereocenters. The average molecular weight is 367 g/mol. The average Bonchev–Trinajstić information content (AvgIpc) is 2.77. The summed E-state index contributed by atoms with van der Waals surface area (Å²) in [5.74, 6) is 0. The van der Waals surface area contributed by atoms with Gasteiger partial charge in [0.2, 0.25) is 0 Å². The van der Waals surface area contributed by atoms with E-state index in [2.05, 4.69) is 103 Å². The molecule has 0 aliphatic rings. The second-order valence-electron chi connectivity index (χ2n) is 7.30. The Morgan fingerprint density at radius 1 is 0.571 bits per heavy atom. The lowest BCUT2D eigenvalue weighted by Gasteiger charge is -2.06. The van der Waals surface area contributed by atoms with Crippen molar-refractivity contribution in [3.05, 3.63) is 125 Å². The van der Waals surface area contributed by atoms with Gasteiger partial charge < -0.3 is 0 Å². The summed E-state index contributed by atoms with van der Waals surface area (Å²) < 4.78 is 0. The zero-order valence-electron chi connectivity index (χ0n) is 16.7. The van der Waals surface area contributed by atoms with Crippen molar-refractivity contribution in [2.45, 2.75) is 44.9 Å². The lowest BCUT2D eigenvalue weighted by Crippen LogP contribution is -1.92. The van der Waals surface area contributed by atoms with E-state index in [1.165, 1.54) is 28.7 Å². The van der Waals surface area contributed by atoms with Crippen LogP contribution in [0.2, 0.25) is 0 Å². The summed E-state index contributed by atoms with van der Waals surface area (Å²) in [4.78, 5) is 0. The predicted molar refractivity (Wildman–Crippen MR) is 121 cm³/mol. The molecule has 0 atom stereocenters. The Morgan fingerprint density at radius 2 is 1.00 bits per heavy atom. The number of aryl methyl sites for hydroxylation is 3. The Hall–Kier alpha value is -2.82. The number of unbranched alkanes of at least 4 members (excludes halogenated alkanes) is 1. The van der Waals surface area contributed by atoms with E-state index in [0.29, 0.717) is 0 Å². The van der Waals surface area contributed by atoms with Gasteiger partial charge in [-0.15, -0.1) is 5.73 Å². The highest BCUT2D eigenvalue weighted by Crippen LogP contribution is 2.15. The van der Waals surface area contributed by atoms with E-state index in [0.717, 1.165) is 38.5 Å². The summed E-state index contributed by atoms with van der Waals surface area (Å²) in [6.07, 6.45) is 10.0. The molecule has 0 nitrogen and oxygen atoms in total. The van der Waals surface area contributed by atoms with E-state index in [9.17, 15) is 0 Å². The molecule has 0 heteroatoms. The first-order valence-electron chi connectivity index (χ1n) is 10.4. The lowest BCUT2D eigenvalue weighted by molar-refractivity contribution is 0.827. The molecule has 3 rings (SSSR count). The SMILES string of the molecule is C(=CCCCc1ccccc1)=C(CCc1ccccc1)CCc1ccccc1. The van der Waals surface area contributed by atoms with Crippen molar-refractivity contribution in [2.24, 2.45) is 0 Å². The van der Waals surface area contributed by atoms with E-state index < -0.39 is 0 Å². The van der Waals surface area contributed by atoms with Crippen molar-refractivity contribution >= 4 is 0 Å². The maximum Gasteiger partial charge on any atom is -0.0203 e. The zero-order valence-corrected chi connectivity index (χ0v) is 16.7. The molecule has 0 heterocycles. The van der Waals surface area contributed by atoms with E-state index in [-0.39, 0.29) is 0 Å². The Kier molecular flexibility index (Phi) is 8.40. The van der Waals surface area contributed by atoms with Crippen LogP contribution in [0.3, 0.4) is 0 Å². The zero-order chi connectivity index (χ0) is 19.3. The smallest absolute Gasteiger partial charge is 0.0203 e. The molecule has 0 radical (unpaired) electrons. The van der Waals surface area contributed by atoms with Gasteiger partial charge in [0, 0.05) is 0 Å². The van der Waals surface area contributed by atoms with Crippen LogP contribution < -0.4 is 0 Å². The lowest BCUT2D eigenvalue weighted by atomic mass is 9.99. The molecule has 0 saturated carbocycles. The first-order chi connectivity index (χ1) is 13.9. The normalized spacial score (nSPS) is 10.3. The number of rotatable bonds is 10. The van der Waals surface area contributed by atoms with Crippen LogP contribution in [0.15, 0.2) is 108 Å². The van der Waals surface area contributed by atoms with Gasteiger partial charge in [-0.3, -0.25) is 0 Å². The van der Waals surface area contributed by atoms with Crippen LogP contribution >= 0.6 is 0 Å². The Morgan fingerprint density at radius 3 is 1.46 bits per heavy atom. The minimum atomic E-state index is 1.09. The van der Waals surface area contributed by atoms with Crippen LogP contribution in [-0.2, 0) is 19.3 Å². The first kappa shape index (κ1) is 19.9. The highest BCUT2D eigenvalue weighted by Gasteiger charge is 2.00. The van der Waals surface area contributed by atoms with Gasteiger partial charge >= 0.3 is 0 Å². The summed E-state index contributed by atoms with van der Waals surface area (Å²) in [5, 5.41) is 0. The van der Waals surface area contributed by atoms with Gasteiger partial charge in [0.15, 0.2) is 0 Å². The molecule has 0 fully saturated rings. The molecular formula is C28H30. The first-order valence-corrected chi connectivity index (χ1v) is 10.4. The van der Waals surface area contributed by atoms with Crippen LogP contribution in [0.5, 0.6) is 0 Å². The Bertz CT molecular complexity index is 808. The van der Waals surface area contributed by atoms with Crippen molar-refractivity contribution in [2.75, 3.05) is 0 Å². The van der Waals surface area contributed by atoms with Crippen molar-refractivity contribution in [1.29, 1.82) is 0 Å². The van der Waals surface area contributed by atoms with Gasteiger partial charge in [0.05, 0.1) is 0 Å². The third-order valence-electron chi connectivity index (χ3n) is 5.08. The van der Waals surface area contributed by atoms with E-state index >= 15 is 0 Å². The van der Waals surface area contributed by atoms with E-state index in [1.54, 1.807) is 0 Å². The third-order valence-corrected chi connectivity index (χ3v) is 5.08. The summed E-state index contributed by atoms with van der Waals surface area (Å²) in [7, 11) is 0. The molecule has 142 valence electrons. The summed E-state index contributed by atoms with van der Waals surface area (Å²) >= 11 is 0. The van der Waals surface area contributed by atoms with Crippen LogP contribution in [0.25, 0.3) is 0 Å². The highest BCUT2D eigenvalue weighted by molar-refractivity contribution is 5.19.